The van der Waals surface area contributed by atoms with Crippen molar-refractivity contribution in [1.82, 2.24) is 10.2 Å². The molecular weight excluding hydrogens is 358 g/mol. The number of quaternary nitrogens is 1. The molecule has 2 aliphatic heterocycles. The molecule has 0 bridgehead atoms. The lowest BCUT2D eigenvalue weighted by atomic mass is 9.94. The van der Waals surface area contributed by atoms with E-state index in [0.717, 1.165) is 38.2 Å². The number of amides is 3. The van der Waals surface area contributed by atoms with E-state index >= 15 is 0 Å². The van der Waals surface area contributed by atoms with Crippen LogP contribution in [0.25, 0.3) is 10.8 Å². The van der Waals surface area contributed by atoms with Crippen LogP contribution in [-0.2, 0) is 9.53 Å². The van der Waals surface area contributed by atoms with Gasteiger partial charge in [0.05, 0.1) is 26.3 Å². The van der Waals surface area contributed by atoms with Crippen molar-refractivity contribution in [3.05, 3.63) is 47.5 Å². The standard InChI is InChI=1S/C21H23N3O4/c25-18(22-8-10-23-11-13-28-14-12-23)7-9-24-20(26)16-5-1-3-15-4-2-6-17(19(15)16)21(24)27/h1-6H,7-14H2,(H,22,25)/p+1. The number of imide groups is 1. The maximum Gasteiger partial charge on any atom is 0.261 e. The quantitative estimate of drug-likeness (QED) is 0.682. The van der Waals surface area contributed by atoms with E-state index in [1.165, 1.54) is 9.80 Å². The maximum atomic E-state index is 12.8. The fourth-order valence-electron chi connectivity index (χ4n) is 3.87. The summed E-state index contributed by atoms with van der Waals surface area (Å²) in [6, 6.07) is 10.9. The molecule has 1 fully saturated rings. The molecule has 28 heavy (non-hydrogen) atoms. The van der Waals surface area contributed by atoms with E-state index in [0.29, 0.717) is 23.1 Å². The lowest BCUT2D eigenvalue weighted by Crippen LogP contribution is -3.14. The van der Waals surface area contributed by atoms with Gasteiger partial charge in [0, 0.05) is 29.5 Å². The highest BCUT2D eigenvalue weighted by molar-refractivity contribution is 6.25. The second-order valence-corrected chi connectivity index (χ2v) is 7.18. The summed E-state index contributed by atoms with van der Waals surface area (Å²) in [5.74, 6) is -0.815. The highest BCUT2D eigenvalue weighted by Gasteiger charge is 2.32. The Hall–Kier alpha value is -2.77. The number of rotatable bonds is 6. The Kier molecular flexibility index (Phi) is 5.36. The molecule has 2 aromatic carbocycles. The van der Waals surface area contributed by atoms with Crippen molar-refractivity contribution in [1.29, 1.82) is 0 Å². The molecule has 7 nitrogen and oxygen atoms in total. The van der Waals surface area contributed by atoms with Crippen LogP contribution in [-0.4, -0.2) is 68.6 Å². The van der Waals surface area contributed by atoms with Crippen LogP contribution < -0.4 is 10.2 Å². The molecule has 0 spiro atoms. The summed E-state index contributed by atoms with van der Waals surface area (Å²) < 4.78 is 5.32. The third-order valence-corrected chi connectivity index (χ3v) is 5.42. The molecule has 0 aromatic heterocycles. The lowest BCUT2D eigenvalue weighted by molar-refractivity contribution is -0.906. The number of carbonyl (C=O) groups excluding carboxylic acids is 3. The van der Waals surface area contributed by atoms with E-state index in [2.05, 4.69) is 5.32 Å². The summed E-state index contributed by atoms with van der Waals surface area (Å²) in [5.41, 5.74) is 1.04. The number of hydrogen-bond donors (Lipinski definition) is 2. The Morgan fingerprint density at radius 3 is 2.32 bits per heavy atom. The molecule has 2 aliphatic rings. The van der Waals surface area contributed by atoms with Crippen LogP contribution in [0.4, 0.5) is 0 Å². The van der Waals surface area contributed by atoms with Crippen molar-refractivity contribution in [3.8, 4) is 0 Å². The zero-order valence-corrected chi connectivity index (χ0v) is 15.7. The van der Waals surface area contributed by atoms with Gasteiger partial charge in [-0.15, -0.1) is 0 Å². The fraction of sp³-hybridized carbons (Fsp3) is 0.381. The molecule has 0 radical (unpaired) electrons. The predicted molar refractivity (Wildman–Crippen MR) is 103 cm³/mol. The van der Waals surface area contributed by atoms with E-state index in [-0.39, 0.29) is 30.7 Å². The number of hydrogen-bond acceptors (Lipinski definition) is 4. The van der Waals surface area contributed by atoms with Crippen molar-refractivity contribution in [2.75, 3.05) is 45.9 Å². The van der Waals surface area contributed by atoms with Gasteiger partial charge in [0.1, 0.15) is 13.1 Å². The minimum absolute atomic E-state index is 0.0820. The summed E-state index contributed by atoms with van der Waals surface area (Å²) in [6.45, 7) is 4.95. The van der Waals surface area contributed by atoms with E-state index in [9.17, 15) is 14.4 Å². The zero-order valence-electron chi connectivity index (χ0n) is 15.7. The lowest BCUT2D eigenvalue weighted by Gasteiger charge is -2.27. The second kappa shape index (κ2) is 8.08. The number of carbonyl (C=O) groups is 3. The maximum absolute atomic E-state index is 12.8. The van der Waals surface area contributed by atoms with Crippen LogP contribution in [0.3, 0.4) is 0 Å². The molecule has 3 amide bonds. The zero-order chi connectivity index (χ0) is 19.5. The van der Waals surface area contributed by atoms with Crippen molar-refractivity contribution in [3.63, 3.8) is 0 Å². The van der Waals surface area contributed by atoms with Crippen LogP contribution in [0.1, 0.15) is 27.1 Å². The molecule has 2 heterocycles. The third kappa shape index (κ3) is 3.63. The van der Waals surface area contributed by atoms with Crippen LogP contribution in [0.5, 0.6) is 0 Å². The molecule has 146 valence electrons. The monoisotopic (exact) mass is 382 g/mol. The highest BCUT2D eigenvalue weighted by atomic mass is 16.5. The van der Waals surface area contributed by atoms with Crippen LogP contribution in [0.15, 0.2) is 36.4 Å². The van der Waals surface area contributed by atoms with Gasteiger partial charge in [-0.05, 0) is 17.5 Å². The predicted octanol–water partition coefficient (Wildman–Crippen LogP) is -0.143. The van der Waals surface area contributed by atoms with Crippen molar-refractivity contribution >= 4 is 28.5 Å². The van der Waals surface area contributed by atoms with Crippen LogP contribution >= 0.6 is 0 Å². The minimum Gasteiger partial charge on any atom is -0.370 e. The number of nitrogens with one attached hydrogen (secondary N) is 2. The summed E-state index contributed by atoms with van der Waals surface area (Å²) in [5, 5.41) is 4.47. The summed E-state index contributed by atoms with van der Waals surface area (Å²) in [4.78, 5) is 40.4. The van der Waals surface area contributed by atoms with Gasteiger partial charge in [-0.1, -0.05) is 24.3 Å². The molecule has 0 unspecified atom stereocenters. The molecule has 0 atom stereocenters. The summed E-state index contributed by atoms with van der Waals surface area (Å²) in [7, 11) is 0. The number of ether oxygens (including phenoxy) is 1. The Balaban J connectivity index is 1.35. The van der Waals surface area contributed by atoms with E-state index < -0.39 is 0 Å². The largest absolute Gasteiger partial charge is 0.370 e. The van der Waals surface area contributed by atoms with E-state index in [1.54, 1.807) is 12.1 Å². The molecule has 1 saturated heterocycles. The van der Waals surface area contributed by atoms with Gasteiger partial charge in [-0.3, -0.25) is 19.3 Å². The topological polar surface area (TPSA) is 80.2 Å². The average molecular weight is 382 g/mol. The van der Waals surface area contributed by atoms with E-state index in [1.807, 2.05) is 24.3 Å². The molecule has 4 rings (SSSR count). The Bertz CT molecular complexity index is 870. The van der Waals surface area contributed by atoms with Gasteiger partial charge in [-0.25, -0.2) is 0 Å². The number of benzene rings is 2. The van der Waals surface area contributed by atoms with Gasteiger partial charge < -0.3 is 15.0 Å². The van der Waals surface area contributed by atoms with Crippen LogP contribution in [0, 0.1) is 0 Å². The first-order chi connectivity index (χ1) is 13.6. The SMILES string of the molecule is O=C(CCN1C(=O)c2cccc3cccc(c23)C1=O)NCC[NH+]1CCOCC1. The molecular formula is C21H24N3O4+. The van der Waals surface area contributed by atoms with Gasteiger partial charge in [-0.2, -0.15) is 0 Å². The third-order valence-electron chi connectivity index (χ3n) is 5.42. The number of morpholine rings is 1. The summed E-state index contributed by atoms with van der Waals surface area (Å²) in [6.07, 6.45) is 0.105. The molecule has 2 N–H and O–H groups in total. The first-order valence-corrected chi connectivity index (χ1v) is 9.71. The Morgan fingerprint density at radius 1 is 1.04 bits per heavy atom. The fourth-order valence-corrected chi connectivity index (χ4v) is 3.87. The molecule has 7 heteroatoms. The first kappa shape index (κ1) is 18.6. The summed E-state index contributed by atoms with van der Waals surface area (Å²) >= 11 is 0. The Morgan fingerprint density at radius 2 is 1.68 bits per heavy atom. The van der Waals surface area contributed by atoms with Gasteiger partial charge in [0.15, 0.2) is 0 Å². The van der Waals surface area contributed by atoms with Crippen molar-refractivity contribution in [2.24, 2.45) is 0 Å². The molecule has 0 aliphatic carbocycles. The molecule has 0 saturated carbocycles. The smallest absolute Gasteiger partial charge is 0.261 e. The minimum atomic E-state index is -0.333. The van der Waals surface area contributed by atoms with Crippen molar-refractivity contribution in [2.45, 2.75) is 6.42 Å². The van der Waals surface area contributed by atoms with E-state index in [4.69, 9.17) is 4.74 Å². The first-order valence-electron chi connectivity index (χ1n) is 9.71. The van der Waals surface area contributed by atoms with Gasteiger partial charge in [0.25, 0.3) is 11.8 Å². The van der Waals surface area contributed by atoms with Gasteiger partial charge in [0.2, 0.25) is 5.91 Å². The van der Waals surface area contributed by atoms with Gasteiger partial charge >= 0.3 is 0 Å². The average Bonchev–Trinajstić information content (AvgIpc) is 2.72. The second-order valence-electron chi connectivity index (χ2n) is 7.18. The molecule has 2 aromatic rings. The highest BCUT2D eigenvalue weighted by Crippen LogP contribution is 2.29. The number of nitrogens with zero attached hydrogens (tertiary/aromatic N) is 1. The van der Waals surface area contributed by atoms with Crippen LogP contribution in [0.2, 0.25) is 0 Å². The normalized spacial score (nSPS) is 17.2. The van der Waals surface area contributed by atoms with Crippen molar-refractivity contribution < 1.29 is 24.0 Å². The Labute approximate surface area is 163 Å².